The summed E-state index contributed by atoms with van der Waals surface area (Å²) in [6.07, 6.45) is -0.351. The third kappa shape index (κ3) is 2.47. The Labute approximate surface area is 93.1 Å². The average Bonchev–Trinajstić information content (AvgIpc) is 2.17. The van der Waals surface area contributed by atoms with Crippen LogP contribution in [0.3, 0.4) is 0 Å². The highest BCUT2D eigenvalue weighted by Gasteiger charge is 2.42. The van der Waals surface area contributed by atoms with Crippen molar-refractivity contribution >= 4 is 19.7 Å². The molecular weight excluding hydrogens is 239 g/mol. The minimum atomic E-state index is -2.96. The lowest BCUT2D eigenvalue weighted by Crippen LogP contribution is -2.43. The summed E-state index contributed by atoms with van der Waals surface area (Å²) in [5, 5.41) is 0. The van der Waals surface area contributed by atoms with Gasteiger partial charge in [-0.05, 0) is 35.5 Å². The zero-order valence-electron chi connectivity index (χ0n) is 8.56. The normalized spacial score (nSPS) is 44.7. The Bertz CT molecular complexity index is 330. The molecule has 15 heavy (non-hydrogen) atoms. The summed E-state index contributed by atoms with van der Waals surface area (Å²) >= 11 is 0. The van der Waals surface area contributed by atoms with Crippen molar-refractivity contribution < 1.29 is 17.5 Å². The van der Waals surface area contributed by atoms with E-state index in [0.29, 0.717) is 18.6 Å². The summed E-state index contributed by atoms with van der Waals surface area (Å²) in [6.45, 7) is 0. The number of ether oxygens (including phenoxy) is 1. The van der Waals surface area contributed by atoms with E-state index in [1.165, 1.54) is 7.11 Å². The van der Waals surface area contributed by atoms with E-state index in [9.17, 15) is 12.8 Å². The van der Waals surface area contributed by atoms with Crippen LogP contribution in [0.5, 0.6) is 0 Å². The Kier molecular flexibility index (Phi) is 3.28. The van der Waals surface area contributed by atoms with Crippen LogP contribution in [0.1, 0.15) is 12.8 Å². The molecule has 0 spiro atoms. The van der Waals surface area contributed by atoms with Crippen LogP contribution in [0.25, 0.3) is 0 Å². The van der Waals surface area contributed by atoms with Crippen LogP contribution in [-0.4, -0.2) is 39.3 Å². The molecule has 0 bridgehead atoms. The zero-order valence-corrected chi connectivity index (χ0v) is 10.2. The van der Waals surface area contributed by atoms with Gasteiger partial charge in [-0.15, -0.1) is 0 Å². The molecular formula is C9H15FO3S2. The summed E-state index contributed by atoms with van der Waals surface area (Å²) in [5.74, 6) is 1.03. The van der Waals surface area contributed by atoms with E-state index in [4.69, 9.17) is 4.74 Å². The molecule has 2 aliphatic rings. The van der Waals surface area contributed by atoms with Crippen LogP contribution in [0, 0.1) is 11.8 Å². The number of rotatable bonds is 1. The van der Waals surface area contributed by atoms with Gasteiger partial charge in [-0.25, -0.2) is 12.8 Å². The molecule has 4 atom stereocenters. The molecule has 1 saturated carbocycles. The third-order valence-electron chi connectivity index (χ3n) is 3.32. The maximum atomic E-state index is 13.5. The Morgan fingerprint density at radius 3 is 2.73 bits per heavy atom. The lowest BCUT2D eigenvalue weighted by atomic mass is 9.79. The van der Waals surface area contributed by atoms with Gasteiger partial charge in [0.05, 0.1) is 11.9 Å². The molecule has 6 heteroatoms. The second-order valence-electron chi connectivity index (χ2n) is 4.29. The molecule has 1 heterocycles. The van der Waals surface area contributed by atoms with Crippen molar-refractivity contribution in [3.63, 3.8) is 0 Å². The predicted molar refractivity (Wildman–Crippen MR) is 58.2 cm³/mol. The van der Waals surface area contributed by atoms with Crippen LogP contribution in [0.2, 0.25) is 0 Å². The molecule has 0 amide bonds. The van der Waals surface area contributed by atoms with Gasteiger partial charge < -0.3 is 4.74 Å². The maximum Gasteiger partial charge on any atom is 0.201 e. The van der Waals surface area contributed by atoms with E-state index in [0.717, 1.165) is 10.8 Å². The summed E-state index contributed by atoms with van der Waals surface area (Å²) in [7, 11) is -0.492. The lowest BCUT2D eigenvalue weighted by Gasteiger charge is -2.39. The quantitative estimate of drug-likeness (QED) is 0.664. The average molecular weight is 254 g/mol. The minimum absolute atomic E-state index is 0.0909. The predicted octanol–water partition coefficient (Wildman–Crippen LogP) is 1.44. The molecule has 0 aromatic carbocycles. The molecule has 3 nitrogen and oxygen atoms in total. The molecule has 1 saturated heterocycles. The first-order valence-electron chi connectivity index (χ1n) is 5.06. The van der Waals surface area contributed by atoms with Crippen molar-refractivity contribution in [2.45, 2.75) is 25.1 Å². The number of alkyl halides is 1. The second kappa shape index (κ2) is 4.22. The molecule has 0 aromatic rings. The van der Waals surface area contributed by atoms with E-state index in [1.54, 1.807) is 0 Å². The van der Waals surface area contributed by atoms with Crippen molar-refractivity contribution in [1.82, 2.24) is 0 Å². The van der Waals surface area contributed by atoms with Gasteiger partial charge in [0, 0.05) is 12.9 Å². The summed E-state index contributed by atoms with van der Waals surface area (Å²) in [6, 6.07) is 0. The van der Waals surface area contributed by atoms with Crippen molar-refractivity contribution in [2.24, 2.45) is 11.8 Å². The van der Waals surface area contributed by atoms with Crippen LogP contribution in [0.4, 0.5) is 4.39 Å². The molecule has 1 aliphatic heterocycles. The first-order chi connectivity index (χ1) is 7.02. The van der Waals surface area contributed by atoms with Crippen molar-refractivity contribution in [3.05, 3.63) is 0 Å². The van der Waals surface area contributed by atoms with Gasteiger partial charge in [-0.3, -0.25) is 0 Å². The Balaban J connectivity index is 2.08. The van der Waals surface area contributed by atoms with Gasteiger partial charge in [0.25, 0.3) is 0 Å². The Morgan fingerprint density at radius 1 is 1.33 bits per heavy atom. The van der Waals surface area contributed by atoms with Gasteiger partial charge in [-0.1, -0.05) is 0 Å². The highest BCUT2D eigenvalue weighted by Crippen LogP contribution is 2.41. The number of fused-ring (bicyclic) bond motifs is 1. The van der Waals surface area contributed by atoms with Gasteiger partial charge >= 0.3 is 0 Å². The van der Waals surface area contributed by atoms with Crippen LogP contribution in [-0.2, 0) is 13.6 Å². The maximum absolute atomic E-state index is 13.5. The summed E-state index contributed by atoms with van der Waals surface area (Å²) in [4.78, 5) is 0. The van der Waals surface area contributed by atoms with Gasteiger partial charge in [0.2, 0.25) is 8.87 Å². The smallest absolute Gasteiger partial charge is 0.201 e. The lowest BCUT2D eigenvalue weighted by molar-refractivity contribution is -0.0244. The second-order valence-corrected chi connectivity index (χ2v) is 8.54. The largest absolute Gasteiger partial charge is 0.378 e. The first kappa shape index (κ1) is 11.7. The highest BCUT2D eigenvalue weighted by atomic mass is 33.1. The number of methoxy groups -OCH3 is 1. The van der Waals surface area contributed by atoms with Crippen molar-refractivity contribution in [1.29, 1.82) is 0 Å². The molecule has 0 N–H and O–H groups in total. The number of hydrogen-bond donors (Lipinski definition) is 0. The fraction of sp³-hybridized carbons (Fsp3) is 1.00. The van der Waals surface area contributed by atoms with Crippen molar-refractivity contribution in [2.75, 3.05) is 18.6 Å². The first-order valence-corrected chi connectivity index (χ1v) is 8.21. The molecule has 88 valence electrons. The van der Waals surface area contributed by atoms with Crippen molar-refractivity contribution in [3.8, 4) is 0 Å². The van der Waals surface area contributed by atoms with Crippen LogP contribution < -0.4 is 0 Å². The standard InChI is InChI=1S/C9H15FO3S2/c1-13-9-3-7-5-15(11,12)14-4-6(7)2-8(9)10/h6-9H,2-5H2,1H3. The fourth-order valence-corrected chi connectivity index (χ4v) is 6.20. The SMILES string of the molecule is COC1CC2CS(=O)(=O)SCC2CC1F. The molecule has 1 aliphatic carbocycles. The van der Waals surface area contributed by atoms with E-state index in [2.05, 4.69) is 0 Å². The van der Waals surface area contributed by atoms with E-state index in [-0.39, 0.29) is 17.6 Å². The summed E-state index contributed by atoms with van der Waals surface area (Å²) in [5.41, 5.74) is 0. The molecule has 2 rings (SSSR count). The van der Waals surface area contributed by atoms with Crippen LogP contribution in [0.15, 0.2) is 0 Å². The van der Waals surface area contributed by atoms with E-state index >= 15 is 0 Å². The summed E-state index contributed by atoms with van der Waals surface area (Å²) < 4.78 is 41.4. The minimum Gasteiger partial charge on any atom is -0.378 e. The molecule has 0 radical (unpaired) electrons. The van der Waals surface area contributed by atoms with Crippen LogP contribution >= 0.6 is 10.8 Å². The highest BCUT2D eigenvalue weighted by molar-refractivity contribution is 8.72. The molecule has 0 aromatic heterocycles. The van der Waals surface area contributed by atoms with E-state index < -0.39 is 21.1 Å². The fourth-order valence-electron chi connectivity index (χ4n) is 2.43. The number of halogens is 1. The van der Waals surface area contributed by atoms with Gasteiger partial charge in [0.15, 0.2) is 0 Å². The Hall–Kier alpha value is 0.190. The number of hydrogen-bond acceptors (Lipinski definition) is 4. The Morgan fingerprint density at radius 2 is 2.07 bits per heavy atom. The van der Waals surface area contributed by atoms with Gasteiger partial charge in [-0.2, -0.15) is 0 Å². The van der Waals surface area contributed by atoms with Gasteiger partial charge in [0.1, 0.15) is 6.17 Å². The third-order valence-corrected chi connectivity index (χ3v) is 6.97. The van der Waals surface area contributed by atoms with E-state index in [1.807, 2.05) is 0 Å². The topological polar surface area (TPSA) is 43.4 Å². The molecule has 2 fully saturated rings. The monoisotopic (exact) mass is 254 g/mol. The zero-order chi connectivity index (χ0) is 11.1. The molecule has 4 unspecified atom stereocenters.